The molecular weight excluding hydrogens is 424 g/mol. The third-order valence-corrected chi connectivity index (χ3v) is 5.07. The zero-order valence-electron chi connectivity index (χ0n) is 19.5. The van der Waals surface area contributed by atoms with E-state index in [1.54, 1.807) is 12.1 Å². The number of aliphatic hydroxyl groups excluding tert-OH is 1. The van der Waals surface area contributed by atoms with Crippen molar-refractivity contribution < 1.29 is 29.0 Å². The maximum atomic E-state index is 12.6. The highest BCUT2D eigenvalue weighted by Crippen LogP contribution is 2.22. The summed E-state index contributed by atoms with van der Waals surface area (Å²) in [6, 6.07) is 14.5. The van der Waals surface area contributed by atoms with Crippen LogP contribution in [0.1, 0.15) is 37.5 Å². The molecule has 0 aliphatic rings. The van der Waals surface area contributed by atoms with Crippen LogP contribution in [-0.4, -0.2) is 48.9 Å². The molecule has 2 atom stereocenters. The van der Waals surface area contributed by atoms with Crippen molar-refractivity contribution in [2.75, 3.05) is 13.7 Å². The Morgan fingerprint density at radius 3 is 2.09 bits per heavy atom. The molecule has 0 aromatic heterocycles. The van der Waals surface area contributed by atoms with Gasteiger partial charge >= 0.3 is 12.1 Å². The summed E-state index contributed by atoms with van der Waals surface area (Å²) < 4.78 is 9.90. The van der Waals surface area contributed by atoms with Crippen LogP contribution in [-0.2, 0) is 37.5 Å². The second kappa shape index (κ2) is 12.0. The summed E-state index contributed by atoms with van der Waals surface area (Å²) in [5, 5.41) is 14.4. The topological polar surface area (TPSA) is 114 Å². The molecule has 0 spiro atoms. The predicted octanol–water partition coefficient (Wildman–Crippen LogP) is 2.47. The van der Waals surface area contributed by atoms with E-state index in [1.807, 2.05) is 42.5 Å². The van der Waals surface area contributed by atoms with E-state index >= 15 is 0 Å². The van der Waals surface area contributed by atoms with Crippen LogP contribution >= 0.6 is 0 Å². The van der Waals surface area contributed by atoms with Crippen molar-refractivity contribution in [3.63, 3.8) is 0 Å². The van der Waals surface area contributed by atoms with Gasteiger partial charge in [0.15, 0.2) is 0 Å². The quantitative estimate of drug-likeness (QED) is 0.500. The smallest absolute Gasteiger partial charge is 0.408 e. The highest BCUT2D eigenvalue weighted by molar-refractivity contribution is 5.89. The Balaban J connectivity index is 1.98. The van der Waals surface area contributed by atoms with E-state index in [4.69, 9.17) is 9.47 Å². The molecular formula is C25H32N2O6. The minimum Gasteiger partial charge on any atom is -0.467 e. The molecule has 2 aromatic carbocycles. The standard InChI is InChI=1S/C25H32N2O6/c1-25(2,3)19-12-10-17(11-13-19)14-20(23(30)32-4)26-22(29)21(15-28)27-24(31)33-16-18-8-6-5-7-9-18/h5-13,20-21,28H,14-16H2,1-4H3,(H,26,29)(H,27,31)/t20-,21-/m0/s1. The van der Waals surface area contributed by atoms with Crippen LogP contribution in [0.4, 0.5) is 4.79 Å². The summed E-state index contributed by atoms with van der Waals surface area (Å²) in [4.78, 5) is 37.0. The summed E-state index contributed by atoms with van der Waals surface area (Å²) >= 11 is 0. The van der Waals surface area contributed by atoms with E-state index in [9.17, 15) is 19.5 Å². The summed E-state index contributed by atoms with van der Waals surface area (Å²) in [7, 11) is 1.23. The number of hydrogen-bond acceptors (Lipinski definition) is 6. The Morgan fingerprint density at radius 1 is 0.909 bits per heavy atom. The van der Waals surface area contributed by atoms with Gasteiger partial charge in [-0.3, -0.25) is 4.79 Å². The highest BCUT2D eigenvalue weighted by atomic mass is 16.5. The Morgan fingerprint density at radius 2 is 1.55 bits per heavy atom. The minimum atomic E-state index is -1.29. The van der Waals surface area contributed by atoms with Gasteiger partial charge in [0, 0.05) is 6.42 Å². The number of hydrogen-bond donors (Lipinski definition) is 3. The first-order valence-corrected chi connectivity index (χ1v) is 10.7. The number of nitrogens with one attached hydrogen (secondary N) is 2. The molecule has 33 heavy (non-hydrogen) atoms. The SMILES string of the molecule is COC(=O)[C@H](Cc1ccc(C(C)(C)C)cc1)NC(=O)[C@H](CO)NC(=O)OCc1ccccc1. The molecule has 0 aliphatic heterocycles. The van der Waals surface area contributed by atoms with Crippen LogP contribution in [0.2, 0.25) is 0 Å². The average Bonchev–Trinajstić information content (AvgIpc) is 2.80. The summed E-state index contributed by atoms with van der Waals surface area (Å²) in [6.45, 7) is 5.66. The molecule has 3 N–H and O–H groups in total. The number of ether oxygens (including phenoxy) is 2. The van der Waals surface area contributed by atoms with E-state index in [1.165, 1.54) is 7.11 Å². The van der Waals surface area contributed by atoms with Gasteiger partial charge in [0.2, 0.25) is 5.91 Å². The Labute approximate surface area is 194 Å². The lowest BCUT2D eigenvalue weighted by Gasteiger charge is -2.22. The fourth-order valence-corrected chi connectivity index (χ4v) is 3.09. The largest absolute Gasteiger partial charge is 0.467 e. The van der Waals surface area contributed by atoms with E-state index in [0.29, 0.717) is 0 Å². The number of amides is 2. The second-order valence-electron chi connectivity index (χ2n) is 8.68. The Kier molecular flexibility index (Phi) is 9.42. The molecule has 8 nitrogen and oxygen atoms in total. The van der Waals surface area contributed by atoms with Gasteiger partial charge in [0.25, 0.3) is 0 Å². The zero-order valence-corrected chi connectivity index (χ0v) is 19.5. The first-order chi connectivity index (χ1) is 15.6. The number of esters is 1. The molecule has 0 saturated carbocycles. The van der Waals surface area contributed by atoms with E-state index in [0.717, 1.165) is 16.7 Å². The lowest BCUT2D eigenvalue weighted by molar-refractivity contribution is -0.145. The van der Waals surface area contributed by atoms with Crippen molar-refractivity contribution in [1.29, 1.82) is 0 Å². The van der Waals surface area contributed by atoms with E-state index in [2.05, 4.69) is 31.4 Å². The van der Waals surface area contributed by atoms with Gasteiger partial charge < -0.3 is 25.2 Å². The van der Waals surface area contributed by atoms with Gasteiger partial charge in [0.05, 0.1) is 13.7 Å². The molecule has 0 aliphatic carbocycles. The first-order valence-electron chi connectivity index (χ1n) is 10.7. The van der Waals surface area contributed by atoms with Gasteiger partial charge in [-0.25, -0.2) is 9.59 Å². The molecule has 0 heterocycles. The van der Waals surface area contributed by atoms with Crippen molar-refractivity contribution in [1.82, 2.24) is 10.6 Å². The third-order valence-electron chi connectivity index (χ3n) is 5.07. The van der Waals surface area contributed by atoms with Gasteiger partial charge in [-0.1, -0.05) is 75.4 Å². The van der Waals surface area contributed by atoms with Crippen LogP contribution in [0.5, 0.6) is 0 Å². The molecule has 2 amide bonds. The molecule has 0 saturated heterocycles. The van der Waals surface area contributed by atoms with Crippen molar-refractivity contribution in [3.05, 3.63) is 71.3 Å². The maximum absolute atomic E-state index is 12.6. The number of rotatable bonds is 9. The van der Waals surface area contributed by atoms with Gasteiger partial charge in [-0.05, 0) is 22.1 Å². The Hall–Kier alpha value is -3.39. The lowest BCUT2D eigenvalue weighted by atomic mass is 9.86. The Bertz CT molecular complexity index is 922. The zero-order chi connectivity index (χ0) is 24.4. The number of carbonyl (C=O) groups is 3. The van der Waals surface area contributed by atoms with Gasteiger partial charge in [0.1, 0.15) is 18.7 Å². The second-order valence-corrected chi connectivity index (χ2v) is 8.68. The first kappa shape index (κ1) is 25.9. The summed E-state index contributed by atoms with van der Waals surface area (Å²) in [5.74, 6) is -1.36. The predicted molar refractivity (Wildman–Crippen MR) is 123 cm³/mol. The summed E-state index contributed by atoms with van der Waals surface area (Å²) in [5.41, 5.74) is 2.74. The van der Waals surface area contributed by atoms with Gasteiger partial charge in [-0.15, -0.1) is 0 Å². The fraction of sp³-hybridized carbons (Fsp3) is 0.400. The number of carbonyl (C=O) groups excluding carboxylic acids is 3. The number of benzene rings is 2. The van der Waals surface area contributed by atoms with Crippen LogP contribution in [0.15, 0.2) is 54.6 Å². The average molecular weight is 457 g/mol. The van der Waals surface area contributed by atoms with Crippen LogP contribution in [0.25, 0.3) is 0 Å². The van der Waals surface area contributed by atoms with Crippen LogP contribution in [0.3, 0.4) is 0 Å². The van der Waals surface area contributed by atoms with Crippen molar-refractivity contribution in [2.45, 2.75) is 51.3 Å². The highest BCUT2D eigenvalue weighted by Gasteiger charge is 2.27. The monoisotopic (exact) mass is 456 g/mol. The number of alkyl carbamates (subject to hydrolysis) is 1. The van der Waals surface area contributed by atoms with E-state index in [-0.39, 0.29) is 18.4 Å². The molecule has 0 fully saturated rings. The number of methoxy groups -OCH3 is 1. The van der Waals surface area contributed by atoms with Crippen molar-refractivity contribution in [2.24, 2.45) is 0 Å². The normalized spacial score (nSPS) is 12.9. The molecule has 0 unspecified atom stereocenters. The molecule has 8 heteroatoms. The molecule has 0 bridgehead atoms. The third kappa shape index (κ3) is 8.23. The number of aliphatic hydroxyl groups is 1. The maximum Gasteiger partial charge on any atom is 0.408 e. The van der Waals surface area contributed by atoms with Crippen molar-refractivity contribution >= 4 is 18.0 Å². The van der Waals surface area contributed by atoms with E-state index < -0.39 is 36.7 Å². The van der Waals surface area contributed by atoms with Crippen LogP contribution in [0, 0.1) is 0 Å². The summed E-state index contributed by atoms with van der Waals surface area (Å²) in [6.07, 6.45) is -0.667. The van der Waals surface area contributed by atoms with Gasteiger partial charge in [-0.2, -0.15) is 0 Å². The fourth-order valence-electron chi connectivity index (χ4n) is 3.09. The lowest BCUT2D eigenvalue weighted by Crippen LogP contribution is -2.54. The molecule has 178 valence electrons. The molecule has 2 aromatic rings. The molecule has 0 radical (unpaired) electrons. The van der Waals surface area contributed by atoms with Crippen LogP contribution < -0.4 is 10.6 Å². The minimum absolute atomic E-state index is 0.0103. The van der Waals surface area contributed by atoms with Crippen molar-refractivity contribution in [3.8, 4) is 0 Å². The molecule has 2 rings (SSSR count).